The van der Waals surface area contributed by atoms with Crippen LogP contribution in [0.15, 0.2) is 42.5 Å². The second-order valence-corrected chi connectivity index (χ2v) is 8.47. The van der Waals surface area contributed by atoms with Gasteiger partial charge in [-0.1, -0.05) is 56.2 Å². The predicted octanol–water partition coefficient (Wildman–Crippen LogP) is 3.34. The molecule has 1 aliphatic rings. The smallest absolute Gasteiger partial charge is 0.475 e. The molecule has 10 heteroatoms. The van der Waals surface area contributed by atoms with Gasteiger partial charge in [-0.15, -0.1) is 0 Å². The van der Waals surface area contributed by atoms with Crippen LogP contribution in [0.25, 0.3) is 0 Å². The van der Waals surface area contributed by atoms with Crippen molar-refractivity contribution in [3.63, 3.8) is 0 Å². The number of alkyl halides is 3. The topological polar surface area (TPSA) is 122 Å². The summed E-state index contributed by atoms with van der Waals surface area (Å²) in [4.78, 5) is 33.2. The first kappa shape index (κ1) is 29.2. The van der Waals surface area contributed by atoms with E-state index in [0.29, 0.717) is 12.3 Å². The maximum absolute atomic E-state index is 12.3. The van der Waals surface area contributed by atoms with E-state index < -0.39 is 18.2 Å². The quantitative estimate of drug-likeness (QED) is 0.421. The van der Waals surface area contributed by atoms with Gasteiger partial charge in [-0.2, -0.15) is 13.2 Å². The lowest BCUT2D eigenvalue weighted by atomic mass is 9.86. The summed E-state index contributed by atoms with van der Waals surface area (Å²) in [7, 11) is 0. The van der Waals surface area contributed by atoms with Gasteiger partial charge in [0.15, 0.2) is 0 Å². The number of benzene rings is 1. The zero-order valence-corrected chi connectivity index (χ0v) is 19.5. The Morgan fingerprint density at radius 1 is 1.18 bits per heavy atom. The normalized spacial score (nSPS) is 19.9. The molecule has 0 bridgehead atoms. The van der Waals surface area contributed by atoms with Crippen molar-refractivity contribution in [3.05, 3.63) is 48.0 Å². The van der Waals surface area contributed by atoms with E-state index in [1.807, 2.05) is 18.2 Å². The molecular weight excluding hydrogens is 451 g/mol. The highest BCUT2D eigenvalue weighted by Crippen LogP contribution is 2.23. The van der Waals surface area contributed by atoms with Crippen molar-refractivity contribution in [2.45, 2.75) is 76.7 Å². The Hall–Kier alpha value is -2.88. The summed E-state index contributed by atoms with van der Waals surface area (Å²) in [5.41, 5.74) is 6.87. The first-order chi connectivity index (χ1) is 15.9. The molecule has 0 radical (unpaired) electrons. The fourth-order valence-corrected chi connectivity index (χ4v) is 3.46. The molecule has 34 heavy (non-hydrogen) atoms. The average molecular weight is 486 g/mol. The predicted molar refractivity (Wildman–Crippen MR) is 123 cm³/mol. The van der Waals surface area contributed by atoms with E-state index in [9.17, 15) is 22.8 Å². The zero-order chi connectivity index (χ0) is 25.7. The monoisotopic (exact) mass is 485 g/mol. The van der Waals surface area contributed by atoms with Crippen molar-refractivity contribution in [1.82, 2.24) is 10.6 Å². The van der Waals surface area contributed by atoms with E-state index in [1.165, 1.54) is 24.8 Å². The average Bonchev–Trinajstić information content (AvgIpc) is 2.77. The van der Waals surface area contributed by atoms with Crippen molar-refractivity contribution >= 4 is 17.8 Å². The van der Waals surface area contributed by atoms with Crippen LogP contribution in [-0.4, -0.2) is 47.2 Å². The maximum atomic E-state index is 12.3. The summed E-state index contributed by atoms with van der Waals surface area (Å²) in [6.07, 6.45) is 4.41. The molecule has 4 atom stereocenters. The van der Waals surface area contributed by atoms with Crippen molar-refractivity contribution in [2.24, 2.45) is 11.7 Å². The Kier molecular flexibility index (Phi) is 12.3. The van der Waals surface area contributed by atoms with E-state index in [2.05, 4.69) is 29.7 Å². The Morgan fingerprint density at radius 3 is 2.29 bits per heavy atom. The molecule has 5 N–H and O–H groups in total. The van der Waals surface area contributed by atoms with Crippen LogP contribution in [-0.2, 0) is 20.8 Å². The number of carboxylic acids is 1. The van der Waals surface area contributed by atoms with E-state index in [0.717, 1.165) is 12.8 Å². The molecule has 0 spiro atoms. The SMILES string of the molecule is CC1CCCCC1NC(=O)/C=C/[C@H](CCc1ccccc1)NC(=O)[C@H](C)N.O=C(O)C(F)(F)F. The van der Waals surface area contributed by atoms with Gasteiger partial charge in [0.05, 0.1) is 6.04 Å². The number of aryl methyl sites for hydroxylation is 1. The van der Waals surface area contributed by atoms with Crippen molar-refractivity contribution in [1.29, 1.82) is 0 Å². The second kappa shape index (κ2) is 14.4. The molecule has 2 unspecified atom stereocenters. The first-order valence-corrected chi connectivity index (χ1v) is 11.3. The van der Waals surface area contributed by atoms with Gasteiger partial charge in [-0.05, 0) is 44.1 Å². The second-order valence-electron chi connectivity index (χ2n) is 8.47. The molecule has 0 saturated heterocycles. The minimum atomic E-state index is -5.08. The van der Waals surface area contributed by atoms with Crippen LogP contribution in [0.4, 0.5) is 13.2 Å². The number of aliphatic carboxylic acids is 1. The van der Waals surface area contributed by atoms with Crippen LogP contribution >= 0.6 is 0 Å². The number of rotatable bonds is 8. The summed E-state index contributed by atoms with van der Waals surface area (Å²) in [6.45, 7) is 3.85. The Labute approximate surface area is 198 Å². The van der Waals surface area contributed by atoms with E-state index in [4.69, 9.17) is 15.6 Å². The van der Waals surface area contributed by atoms with E-state index in [-0.39, 0.29) is 23.9 Å². The van der Waals surface area contributed by atoms with Gasteiger partial charge in [-0.3, -0.25) is 9.59 Å². The van der Waals surface area contributed by atoms with E-state index >= 15 is 0 Å². The Balaban J connectivity index is 0.000000718. The van der Waals surface area contributed by atoms with Crippen molar-refractivity contribution in [2.75, 3.05) is 0 Å². The molecule has 0 aliphatic heterocycles. The minimum Gasteiger partial charge on any atom is -0.475 e. The number of carbonyl (C=O) groups is 3. The fourth-order valence-electron chi connectivity index (χ4n) is 3.46. The molecule has 7 nitrogen and oxygen atoms in total. The molecule has 2 rings (SSSR count). The van der Waals surface area contributed by atoms with Gasteiger partial charge in [0, 0.05) is 18.2 Å². The number of amides is 2. The maximum Gasteiger partial charge on any atom is 0.490 e. The molecule has 0 heterocycles. The van der Waals surface area contributed by atoms with Gasteiger partial charge in [0.25, 0.3) is 0 Å². The van der Waals surface area contributed by atoms with Crippen LogP contribution in [0.1, 0.15) is 51.5 Å². The first-order valence-electron chi connectivity index (χ1n) is 11.3. The highest BCUT2D eigenvalue weighted by molar-refractivity contribution is 5.88. The molecule has 190 valence electrons. The molecular formula is C24H34F3N3O4. The van der Waals surface area contributed by atoms with Crippen molar-refractivity contribution < 1.29 is 32.7 Å². The van der Waals surface area contributed by atoms with E-state index in [1.54, 1.807) is 19.1 Å². The van der Waals surface area contributed by atoms with Crippen molar-refractivity contribution in [3.8, 4) is 0 Å². The Morgan fingerprint density at radius 2 is 1.76 bits per heavy atom. The summed E-state index contributed by atoms with van der Waals surface area (Å²) < 4.78 is 31.7. The molecule has 1 aliphatic carbocycles. The highest BCUT2D eigenvalue weighted by Gasteiger charge is 2.38. The molecule has 0 aromatic heterocycles. The molecule has 1 aromatic carbocycles. The number of nitrogens with two attached hydrogens (primary N) is 1. The van der Waals surface area contributed by atoms with Gasteiger partial charge >= 0.3 is 12.1 Å². The van der Waals surface area contributed by atoms with Crippen LogP contribution in [0, 0.1) is 5.92 Å². The van der Waals surface area contributed by atoms with Crippen LogP contribution < -0.4 is 16.4 Å². The van der Waals surface area contributed by atoms with Crippen LogP contribution in [0.5, 0.6) is 0 Å². The third-order valence-electron chi connectivity index (χ3n) is 5.49. The summed E-state index contributed by atoms with van der Waals surface area (Å²) in [6, 6.07) is 9.55. The largest absolute Gasteiger partial charge is 0.490 e. The summed E-state index contributed by atoms with van der Waals surface area (Å²) >= 11 is 0. The van der Waals surface area contributed by atoms with Gasteiger partial charge in [0.2, 0.25) is 11.8 Å². The minimum absolute atomic E-state index is 0.0893. The summed E-state index contributed by atoms with van der Waals surface area (Å²) in [5, 5.41) is 13.2. The zero-order valence-electron chi connectivity index (χ0n) is 19.5. The Bertz CT molecular complexity index is 813. The number of nitrogens with one attached hydrogen (secondary N) is 2. The number of hydrogen-bond acceptors (Lipinski definition) is 4. The molecule has 1 saturated carbocycles. The lowest BCUT2D eigenvalue weighted by Crippen LogP contribution is -2.44. The third kappa shape index (κ3) is 11.8. The summed E-state index contributed by atoms with van der Waals surface area (Å²) in [5.74, 6) is -2.54. The number of halogens is 3. The third-order valence-corrected chi connectivity index (χ3v) is 5.49. The number of carbonyl (C=O) groups excluding carboxylic acids is 2. The van der Waals surface area contributed by atoms with Crippen LogP contribution in [0.2, 0.25) is 0 Å². The molecule has 1 aromatic rings. The standard InChI is InChI=1S/C22H33N3O2.C2HF3O2/c1-16-8-6-7-11-20(16)25-21(26)15-14-19(24-22(27)17(2)23)13-12-18-9-4-3-5-10-18;3-2(4,5)1(6)7/h3-5,9-10,14-17,19-20H,6-8,11-13,23H2,1-2H3,(H,24,27)(H,25,26);(H,6,7)/b15-14+;/t16?,17-,19-,20?;/m0./s1. The van der Waals surface area contributed by atoms with Gasteiger partial charge in [0.1, 0.15) is 0 Å². The van der Waals surface area contributed by atoms with Gasteiger partial charge in [-0.25, -0.2) is 4.79 Å². The van der Waals surface area contributed by atoms with Crippen LogP contribution in [0.3, 0.4) is 0 Å². The molecule has 2 amide bonds. The lowest BCUT2D eigenvalue weighted by Gasteiger charge is -2.29. The lowest BCUT2D eigenvalue weighted by molar-refractivity contribution is -0.192. The molecule has 1 fully saturated rings. The fraction of sp³-hybridized carbons (Fsp3) is 0.542. The number of hydrogen-bond donors (Lipinski definition) is 4. The number of carboxylic acid groups (broad SMARTS) is 1. The van der Waals surface area contributed by atoms with Gasteiger partial charge < -0.3 is 21.5 Å². The highest BCUT2D eigenvalue weighted by atomic mass is 19.4.